The lowest BCUT2D eigenvalue weighted by Crippen LogP contribution is -2.47. The first-order valence-corrected chi connectivity index (χ1v) is 10.9. The minimum absolute atomic E-state index is 0.566. The van der Waals surface area contributed by atoms with Gasteiger partial charge in [0.25, 0.3) is 0 Å². The van der Waals surface area contributed by atoms with E-state index in [4.69, 9.17) is 24.4 Å². The maximum atomic E-state index is 6.42. The number of likely N-dealkylation sites (tertiary alicyclic amines) is 1. The van der Waals surface area contributed by atoms with Crippen LogP contribution in [0.3, 0.4) is 0 Å². The molecule has 29 heavy (non-hydrogen) atoms. The SMILES string of the molecule is [B]c1cnn2c(NCC3CCCN(C4CCC4)C3)cc(-c3ccccc3Cl)nc12. The molecule has 1 aromatic carbocycles. The van der Waals surface area contributed by atoms with Gasteiger partial charge in [0.2, 0.25) is 0 Å². The molecule has 0 bridgehead atoms. The quantitative estimate of drug-likeness (QED) is 0.660. The summed E-state index contributed by atoms with van der Waals surface area (Å²) in [5.74, 6) is 1.55. The molecule has 1 aliphatic heterocycles. The molecule has 1 N–H and O–H groups in total. The summed E-state index contributed by atoms with van der Waals surface area (Å²) in [4.78, 5) is 7.41. The first-order chi connectivity index (χ1) is 14.2. The van der Waals surface area contributed by atoms with Crippen LogP contribution in [0.5, 0.6) is 0 Å². The number of hydrogen-bond acceptors (Lipinski definition) is 4. The third-order valence-electron chi connectivity index (χ3n) is 6.36. The van der Waals surface area contributed by atoms with E-state index in [9.17, 15) is 0 Å². The number of fused-ring (bicyclic) bond motifs is 1. The van der Waals surface area contributed by atoms with Gasteiger partial charge < -0.3 is 10.2 Å². The van der Waals surface area contributed by atoms with Crippen molar-refractivity contribution in [3.8, 4) is 11.3 Å². The lowest BCUT2D eigenvalue weighted by Gasteiger charge is -2.42. The second kappa shape index (κ2) is 8.00. The monoisotopic (exact) mass is 405 g/mol. The van der Waals surface area contributed by atoms with E-state index in [1.807, 2.05) is 30.3 Å². The summed E-state index contributed by atoms with van der Waals surface area (Å²) in [5, 5.41) is 8.74. The minimum Gasteiger partial charge on any atom is -0.370 e. The maximum Gasteiger partial charge on any atom is 0.150 e. The van der Waals surface area contributed by atoms with Crippen LogP contribution in [-0.2, 0) is 0 Å². The zero-order chi connectivity index (χ0) is 19.8. The molecule has 3 heterocycles. The van der Waals surface area contributed by atoms with Gasteiger partial charge in [0.1, 0.15) is 13.7 Å². The van der Waals surface area contributed by atoms with Gasteiger partial charge in [0.15, 0.2) is 5.65 Å². The smallest absolute Gasteiger partial charge is 0.150 e. The Morgan fingerprint density at radius 3 is 2.83 bits per heavy atom. The maximum absolute atomic E-state index is 6.42. The van der Waals surface area contributed by atoms with Gasteiger partial charge >= 0.3 is 0 Å². The zero-order valence-corrected chi connectivity index (χ0v) is 17.3. The Hall–Kier alpha value is -2.05. The molecule has 5 rings (SSSR count). The molecule has 2 fully saturated rings. The third kappa shape index (κ3) is 3.76. The first kappa shape index (κ1) is 19.0. The molecule has 2 aromatic heterocycles. The average molecular weight is 406 g/mol. The number of nitrogens with one attached hydrogen (secondary N) is 1. The lowest BCUT2D eigenvalue weighted by molar-refractivity contribution is 0.0802. The van der Waals surface area contributed by atoms with Crippen LogP contribution in [0.15, 0.2) is 36.5 Å². The van der Waals surface area contributed by atoms with E-state index < -0.39 is 0 Å². The van der Waals surface area contributed by atoms with Crippen molar-refractivity contribution in [2.75, 3.05) is 25.0 Å². The molecule has 0 spiro atoms. The predicted molar refractivity (Wildman–Crippen MR) is 119 cm³/mol. The Bertz CT molecular complexity index is 1020. The normalized spacial score (nSPS) is 20.7. The van der Waals surface area contributed by atoms with E-state index in [-0.39, 0.29) is 0 Å². The number of aromatic nitrogens is 3. The fourth-order valence-electron chi connectivity index (χ4n) is 4.51. The number of piperidine rings is 1. The molecule has 1 saturated heterocycles. The zero-order valence-electron chi connectivity index (χ0n) is 16.5. The van der Waals surface area contributed by atoms with Gasteiger partial charge in [-0.1, -0.05) is 36.2 Å². The summed E-state index contributed by atoms with van der Waals surface area (Å²) < 4.78 is 1.79. The van der Waals surface area contributed by atoms with Crippen LogP contribution in [0.25, 0.3) is 16.9 Å². The van der Waals surface area contributed by atoms with Gasteiger partial charge in [-0.3, -0.25) is 0 Å². The summed E-state index contributed by atoms with van der Waals surface area (Å²) >= 11 is 6.42. The Kier molecular flexibility index (Phi) is 5.23. The molecule has 2 radical (unpaired) electrons. The van der Waals surface area contributed by atoms with Crippen molar-refractivity contribution in [2.45, 2.75) is 38.1 Å². The third-order valence-corrected chi connectivity index (χ3v) is 6.69. The summed E-state index contributed by atoms with van der Waals surface area (Å²) in [5.41, 5.74) is 2.92. The fourth-order valence-corrected chi connectivity index (χ4v) is 4.74. The van der Waals surface area contributed by atoms with Crippen LogP contribution in [0.2, 0.25) is 5.02 Å². The largest absolute Gasteiger partial charge is 0.370 e. The molecule has 0 amide bonds. The Labute approximate surface area is 177 Å². The van der Waals surface area contributed by atoms with Gasteiger partial charge in [-0.2, -0.15) is 9.61 Å². The Morgan fingerprint density at radius 2 is 2.03 bits per heavy atom. The fraction of sp³-hybridized carbons (Fsp3) is 0.455. The number of anilines is 1. The molecule has 7 heteroatoms. The molecule has 1 unspecified atom stereocenters. The highest BCUT2D eigenvalue weighted by molar-refractivity contribution is 6.36. The number of nitrogens with zero attached hydrogens (tertiary/aromatic N) is 4. The lowest BCUT2D eigenvalue weighted by atomic mass is 9.88. The van der Waals surface area contributed by atoms with E-state index >= 15 is 0 Å². The van der Waals surface area contributed by atoms with Crippen molar-refractivity contribution in [2.24, 2.45) is 5.92 Å². The number of hydrogen-bond donors (Lipinski definition) is 1. The van der Waals surface area contributed by atoms with Crippen molar-refractivity contribution in [1.82, 2.24) is 19.5 Å². The Morgan fingerprint density at radius 1 is 1.17 bits per heavy atom. The van der Waals surface area contributed by atoms with E-state index in [0.717, 1.165) is 29.7 Å². The Balaban J connectivity index is 1.39. The van der Waals surface area contributed by atoms with Gasteiger partial charge in [0, 0.05) is 42.0 Å². The number of benzene rings is 1. The van der Waals surface area contributed by atoms with Gasteiger partial charge in [0.05, 0.1) is 5.69 Å². The standard InChI is InChI=1S/C22H25BClN5/c23-18-13-26-29-21(11-20(27-22(18)29)17-8-1-2-9-19(17)24)25-12-15-5-4-10-28(14-15)16-6-3-7-16/h1-2,8-9,11,13,15-16,25H,3-7,10,12,14H2. The first-order valence-electron chi connectivity index (χ1n) is 10.6. The van der Waals surface area contributed by atoms with Crippen LogP contribution in [0.1, 0.15) is 32.1 Å². The molecule has 5 nitrogen and oxygen atoms in total. The van der Waals surface area contributed by atoms with Crippen LogP contribution in [-0.4, -0.2) is 53.0 Å². The van der Waals surface area contributed by atoms with E-state index in [2.05, 4.69) is 15.3 Å². The van der Waals surface area contributed by atoms with E-state index in [1.54, 1.807) is 10.7 Å². The topological polar surface area (TPSA) is 45.5 Å². The van der Waals surface area contributed by atoms with Gasteiger partial charge in [-0.15, -0.1) is 0 Å². The summed E-state index contributed by atoms with van der Waals surface area (Å²) in [6, 6.07) is 10.6. The highest BCUT2D eigenvalue weighted by Gasteiger charge is 2.29. The second-order valence-electron chi connectivity index (χ2n) is 8.31. The highest BCUT2D eigenvalue weighted by atomic mass is 35.5. The minimum atomic E-state index is 0.566. The van der Waals surface area contributed by atoms with Crippen LogP contribution < -0.4 is 10.8 Å². The van der Waals surface area contributed by atoms with Crippen LogP contribution >= 0.6 is 11.6 Å². The predicted octanol–water partition coefficient (Wildman–Crippen LogP) is 3.52. The van der Waals surface area contributed by atoms with Gasteiger partial charge in [-0.05, 0) is 49.7 Å². The van der Waals surface area contributed by atoms with E-state index in [0.29, 0.717) is 22.1 Å². The van der Waals surface area contributed by atoms with Crippen molar-refractivity contribution < 1.29 is 0 Å². The number of halogens is 1. The number of rotatable bonds is 5. The van der Waals surface area contributed by atoms with E-state index in [1.165, 1.54) is 45.2 Å². The summed E-state index contributed by atoms with van der Waals surface area (Å²) in [6.07, 6.45) is 8.35. The summed E-state index contributed by atoms with van der Waals surface area (Å²) in [7, 11) is 6.13. The molecule has 1 atom stereocenters. The van der Waals surface area contributed by atoms with Crippen molar-refractivity contribution in [3.05, 3.63) is 41.6 Å². The van der Waals surface area contributed by atoms with Crippen molar-refractivity contribution in [3.63, 3.8) is 0 Å². The molecule has 3 aromatic rings. The van der Waals surface area contributed by atoms with Crippen molar-refractivity contribution in [1.29, 1.82) is 0 Å². The summed E-state index contributed by atoms with van der Waals surface area (Å²) in [6.45, 7) is 3.36. The second-order valence-corrected chi connectivity index (χ2v) is 8.72. The van der Waals surface area contributed by atoms with Crippen LogP contribution in [0.4, 0.5) is 5.82 Å². The molecular formula is C22H25BClN5. The van der Waals surface area contributed by atoms with Crippen molar-refractivity contribution >= 4 is 36.4 Å². The highest BCUT2D eigenvalue weighted by Crippen LogP contribution is 2.30. The molecular weight excluding hydrogens is 381 g/mol. The molecule has 2 aliphatic rings. The average Bonchev–Trinajstić information content (AvgIpc) is 3.07. The molecule has 148 valence electrons. The van der Waals surface area contributed by atoms with Gasteiger partial charge in [-0.25, -0.2) is 4.98 Å². The van der Waals surface area contributed by atoms with Crippen LogP contribution in [0, 0.1) is 5.92 Å². The molecule has 1 aliphatic carbocycles. The molecule has 1 saturated carbocycles.